The fourth-order valence-electron chi connectivity index (χ4n) is 2.23. The largest absolute Gasteiger partial charge is 0.274 e. The first-order valence-corrected chi connectivity index (χ1v) is 10.6. The summed E-state index contributed by atoms with van der Waals surface area (Å²) >= 11 is 11.7. The van der Waals surface area contributed by atoms with E-state index in [0.29, 0.717) is 9.23 Å². The van der Waals surface area contributed by atoms with Gasteiger partial charge in [-0.05, 0) is 31.2 Å². The molecule has 3 aromatic rings. The number of aryl methyl sites for hydroxylation is 1. The number of thiophene rings is 1. The summed E-state index contributed by atoms with van der Waals surface area (Å²) in [6, 6.07) is 13.0. The Bertz CT molecular complexity index is 895. The highest BCUT2D eigenvalue weighted by Gasteiger charge is 2.15. The smallest absolute Gasteiger partial charge is 0.237 e. The van der Waals surface area contributed by atoms with Crippen LogP contribution in [0.1, 0.15) is 11.4 Å². The standard InChI is InChI=1S/C16H14ClN3O2S2.CH3Cl/c1-11-7-13(20(18-11)12-5-3-2-4-6-12)8-16(21)19-24(22)14-9-15(17)23-10-14;1-2/h2-7,9-10H,8H2,1H3,(H,19,21);1H3. The lowest BCUT2D eigenvalue weighted by Gasteiger charge is -2.07. The number of hydrogen-bond acceptors (Lipinski definition) is 4. The first kappa shape index (κ1) is 20.6. The van der Waals surface area contributed by atoms with E-state index in [1.54, 1.807) is 16.1 Å². The van der Waals surface area contributed by atoms with E-state index in [9.17, 15) is 9.00 Å². The topological polar surface area (TPSA) is 64.0 Å². The van der Waals surface area contributed by atoms with Crippen molar-refractivity contribution in [2.45, 2.75) is 18.2 Å². The van der Waals surface area contributed by atoms with Crippen molar-refractivity contribution in [3.05, 3.63) is 63.6 Å². The third-order valence-electron chi connectivity index (χ3n) is 3.21. The highest BCUT2D eigenvalue weighted by Crippen LogP contribution is 2.22. The average Bonchev–Trinajstić information content (AvgIpc) is 3.23. The van der Waals surface area contributed by atoms with E-state index in [1.165, 1.54) is 17.7 Å². The van der Waals surface area contributed by atoms with E-state index in [4.69, 9.17) is 11.6 Å². The lowest BCUT2D eigenvalue weighted by molar-refractivity contribution is -0.118. The maximum atomic E-state index is 12.2. The second kappa shape index (κ2) is 9.87. The van der Waals surface area contributed by atoms with Crippen LogP contribution in [0.3, 0.4) is 0 Å². The lowest BCUT2D eigenvalue weighted by atomic mass is 10.2. The van der Waals surface area contributed by atoms with Crippen molar-refractivity contribution >= 4 is 51.4 Å². The maximum absolute atomic E-state index is 12.2. The van der Waals surface area contributed by atoms with E-state index in [0.717, 1.165) is 17.1 Å². The Morgan fingerprint density at radius 1 is 1.27 bits per heavy atom. The zero-order valence-corrected chi connectivity index (χ0v) is 17.3. The minimum absolute atomic E-state index is 0.0827. The monoisotopic (exact) mass is 429 g/mol. The molecule has 0 aliphatic carbocycles. The number of alkyl halides is 1. The number of para-hydroxylation sites is 1. The molecule has 1 aromatic carbocycles. The highest BCUT2D eigenvalue weighted by molar-refractivity contribution is 7.83. The molecule has 9 heteroatoms. The van der Waals surface area contributed by atoms with Crippen molar-refractivity contribution in [3.8, 4) is 5.69 Å². The number of aromatic nitrogens is 2. The van der Waals surface area contributed by atoms with Crippen LogP contribution < -0.4 is 4.72 Å². The second-order valence-electron chi connectivity index (χ2n) is 5.08. The van der Waals surface area contributed by atoms with Crippen LogP contribution in [-0.2, 0) is 22.2 Å². The summed E-state index contributed by atoms with van der Waals surface area (Å²) in [6.07, 6.45) is 1.55. The number of benzene rings is 1. The molecule has 0 saturated carbocycles. The molecule has 2 heterocycles. The van der Waals surface area contributed by atoms with Crippen LogP contribution >= 0.6 is 34.5 Å². The molecule has 138 valence electrons. The zero-order valence-electron chi connectivity index (χ0n) is 14.1. The van der Waals surface area contributed by atoms with Crippen molar-refractivity contribution in [1.82, 2.24) is 14.5 Å². The van der Waals surface area contributed by atoms with Crippen LogP contribution in [-0.4, -0.2) is 26.3 Å². The fraction of sp³-hybridized carbons (Fsp3) is 0.176. The Morgan fingerprint density at radius 2 is 1.96 bits per heavy atom. The fourth-order valence-corrected chi connectivity index (χ4v) is 4.22. The zero-order chi connectivity index (χ0) is 19.1. The molecule has 5 nitrogen and oxygen atoms in total. The van der Waals surface area contributed by atoms with Crippen LogP contribution in [0.5, 0.6) is 0 Å². The molecule has 2 aromatic heterocycles. The summed E-state index contributed by atoms with van der Waals surface area (Å²) in [6.45, 7) is 1.87. The third kappa shape index (κ3) is 5.41. The lowest BCUT2D eigenvalue weighted by Crippen LogP contribution is -2.27. The van der Waals surface area contributed by atoms with Crippen molar-refractivity contribution in [1.29, 1.82) is 0 Å². The van der Waals surface area contributed by atoms with Gasteiger partial charge in [-0.3, -0.25) is 9.52 Å². The Hall–Kier alpha value is -1.67. The SMILES string of the molecule is CCl.Cc1cc(CC(=O)NS(=O)c2csc(Cl)c2)n(-c2ccccc2)n1. The summed E-state index contributed by atoms with van der Waals surface area (Å²) in [5.74, 6) is -0.340. The molecule has 0 spiro atoms. The number of amides is 1. The van der Waals surface area contributed by atoms with Crippen LogP contribution in [0.15, 0.2) is 52.7 Å². The van der Waals surface area contributed by atoms with Gasteiger partial charge in [-0.25, -0.2) is 8.89 Å². The van der Waals surface area contributed by atoms with E-state index in [2.05, 4.69) is 21.4 Å². The minimum Gasteiger partial charge on any atom is -0.274 e. The van der Waals surface area contributed by atoms with Crippen LogP contribution in [0.2, 0.25) is 4.34 Å². The number of nitrogens with one attached hydrogen (secondary N) is 1. The van der Waals surface area contributed by atoms with E-state index in [-0.39, 0.29) is 12.3 Å². The molecule has 0 fully saturated rings. The third-order valence-corrected chi connectivity index (χ3v) is 5.53. The molecular weight excluding hydrogens is 413 g/mol. The Kier molecular flexibility index (Phi) is 7.84. The number of nitrogens with zero attached hydrogens (tertiary/aromatic N) is 2. The predicted octanol–water partition coefficient (Wildman–Crippen LogP) is 4.13. The summed E-state index contributed by atoms with van der Waals surface area (Å²) < 4.78 is 16.9. The van der Waals surface area contributed by atoms with Gasteiger partial charge in [0.15, 0.2) is 11.0 Å². The van der Waals surface area contributed by atoms with Gasteiger partial charge in [-0.15, -0.1) is 22.9 Å². The first-order valence-electron chi connectivity index (χ1n) is 7.47. The normalized spacial score (nSPS) is 11.4. The van der Waals surface area contributed by atoms with E-state index < -0.39 is 11.0 Å². The molecule has 1 N–H and O–H groups in total. The van der Waals surface area contributed by atoms with Gasteiger partial charge in [0.1, 0.15) is 0 Å². The van der Waals surface area contributed by atoms with Gasteiger partial charge < -0.3 is 0 Å². The molecule has 0 bridgehead atoms. The Labute approximate surface area is 168 Å². The molecular formula is C17H17Cl2N3O2S2. The van der Waals surface area contributed by atoms with E-state index in [1.807, 2.05) is 43.3 Å². The summed E-state index contributed by atoms with van der Waals surface area (Å²) in [4.78, 5) is 12.7. The molecule has 1 amide bonds. The highest BCUT2D eigenvalue weighted by atomic mass is 35.5. The Morgan fingerprint density at radius 3 is 2.58 bits per heavy atom. The number of halogens is 2. The molecule has 3 rings (SSSR count). The number of rotatable bonds is 5. The first-order chi connectivity index (χ1) is 12.5. The molecule has 0 radical (unpaired) electrons. The van der Waals surface area contributed by atoms with Gasteiger partial charge in [0.2, 0.25) is 5.91 Å². The quantitative estimate of drug-likeness (QED) is 0.619. The van der Waals surface area contributed by atoms with Crippen molar-refractivity contribution in [2.24, 2.45) is 0 Å². The van der Waals surface area contributed by atoms with Crippen molar-refractivity contribution in [3.63, 3.8) is 0 Å². The second-order valence-corrected chi connectivity index (χ2v) is 7.84. The van der Waals surface area contributed by atoms with Gasteiger partial charge in [-0.1, -0.05) is 29.8 Å². The summed E-state index contributed by atoms with van der Waals surface area (Å²) in [5.41, 5.74) is 2.42. The maximum Gasteiger partial charge on any atom is 0.237 e. The van der Waals surface area contributed by atoms with Gasteiger partial charge in [0.25, 0.3) is 0 Å². The van der Waals surface area contributed by atoms with Crippen molar-refractivity contribution < 1.29 is 9.00 Å². The molecule has 0 aliphatic rings. The minimum atomic E-state index is -1.61. The summed E-state index contributed by atoms with van der Waals surface area (Å²) in [5, 5.41) is 6.08. The average molecular weight is 430 g/mol. The van der Waals surface area contributed by atoms with Gasteiger partial charge >= 0.3 is 0 Å². The van der Waals surface area contributed by atoms with Crippen molar-refractivity contribution in [2.75, 3.05) is 6.38 Å². The molecule has 1 unspecified atom stereocenters. The summed E-state index contributed by atoms with van der Waals surface area (Å²) in [7, 11) is -1.61. The van der Waals surface area contributed by atoms with Crippen LogP contribution in [0, 0.1) is 6.92 Å². The molecule has 0 saturated heterocycles. The van der Waals surface area contributed by atoms with Gasteiger partial charge in [0.05, 0.1) is 32.7 Å². The van der Waals surface area contributed by atoms with Gasteiger partial charge in [-0.2, -0.15) is 5.10 Å². The molecule has 1 atom stereocenters. The Balaban J connectivity index is 0.00000117. The molecule has 0 aliphatic heterocycles. The van der Waals surface area contributed by atoms with Crippen LogP contribution in [0.4, 0.5) is 0 Å². The number of hydrogen-bond donors (Lipinski definition) is 1. The number of carbonyl (C=O) groups excluding carboxylic acids is 1. The van der Waals surface area contributed by atoms with E-state index >= 15 is 0 Å². The number of carbonyl (C=O) groups is 1. The van der Waals surface area contributed by atoms with Crippen LogP contribution in [0.25, 0.3) is 5.69 Å². The molecule has 26 heavy (non-hydrogen) atoms. The predicted molar refractivity (Wildman–Crippen MR) is 108 cm³/mol. The van der Waals surface area contributed by atoms with Gasteiger partial charge in [0, 0.05) is 11.8 Å².